The second-order valence-corrected chi connectivity index (χ2v) is 5.71. The summed E-state index contributed by atoms with van der Waals surface area (Å²) in [5, 5.41) is 9.13. The third-order valence-electron chi connectivity index (χ3n) is 3.34. The van der Waals surface area contributed by atoms with Gasteiger partial charge in [-0.25, -0.2) is 0 Å². The van der Waals surface area contributed by atoms with Crippen LogP contribution in [0.25, 0.3) is 0 Å². The van der Waals surface area contributed by atoms with Gasteiger partial charge in [0, 0.05) is 12.2 Å². The lowest BCUT2D eigenvalue weighted by Crippen LogP contribution is -2.44. The molecule has 0 aromatic heterocycles. The van der Waals surface area contributed by atoms with Crippen LogP contribution in [-0.4, -0.2) is 25.8 Å². The van der Waals surface area contributed by atoms with Crippen molar-refractivity contribution in [1.29, 1.82) is 5.26 Å². The molecule has 1 aliphatic rings. The molecular formula is C15H20N2O. The first-order valence-electron chi connectivity index (χ1n) is 6.37. The monoisotopic (exact) mass is 244 g/mol. The van der Waals surface area contributed by atoms with Gasteiger partial charge >= 0.3 is 0 Å². The molecule has 1 fully saturated rings. The molecule has 2 rings (SSSR count). The molecule has 1 heterocycles. The van der Waals surface area contributed by atoms with E-state index in [4.69, 9.17) is 10.00 Å². The van der Waals surface area contributed by atoms with Crippen LogP contribution in [0.15, 0.2) is 24.3 Å². The lowest BCUT2D eigenvalue weighted by molar-refractivity contribution is 0.107. The Morgan fingerprint density at radius 1 is 1.28 bits per heavy atom. The van der Waals surface area contributed by atoms with Crippen LogP contribution >= 0.6 is 0 Å². The first-order chi connectivity index (χ1) is 8.52. The first kappa shape index (κ1) is 12.9. The Bertz CT molecular complexity index is 439. The summed E-state index contributed by atoms with van der Waals surface area (Å²) in [7, 11) is 0. The van der Waals surface area contributed by atoms with E-state index in [9.17, 15) is 0 Å². The summed E-state index contributed by atoms with van der Waals surface area (Å²) >= 11 is 0. The predicted molar refractivity (Wildman–Crippen MR) is 72.7 cm³/mol. The summed E-state index contributed by atoms with van der Waals surface area (Å²) in [4.78, 5) is 2.12. The Kier molecular flexibility index (Phi) is 3.58. The van der Waals surface area contributed by atoms with E-state index in [0.717, 1.165) is 12.2 Å². The molecule has 0 radical (unpaired) electrons. The zero-order valence-corrected chi connectivity index (χ0v) is 11.3. The average molecular weight is 244 g/mol. The van der Waals surface area contributed by atoms with Gasteiger partial charge in [0.25, 0.3) is 0 Å². The molecule has 0 N–H and O–H groups in total. The Labute approximate surface area is 109 Å². The smallest absolute Gasteiger partial charge is 0.140 e. The Morgan fingerprint density at radius 3 is 2.50 bits per heavy atom. The summed E-state index contributed by atoms with van der Waals surface area (Å²) in [6.45, 7) is 8.59. The highest BCUT2D eigenvalue weighted by atomic mass is 16.5. The predicted octanol–water partition coefficient (Wildman–Crippen LogP) is 2.71. The van der Waals surface area contributed by atoms with E-state index in [0.29, 0.717) is 13.2 Å². The molecule has 1 aromatic rings. The maximum absolute atomic E-state index is 9.13. The molecule has 0 bridgehead atoms. The van der Waals surface area contributed by atoms with Crippen molar-refractivity contribution >= 4 is 5.69 Å². The highest BCUT2D eigenvalue weighted by Crippen LogP contribution is 2.26. The molecule has 1 aromatic carbocycles. The van der Waals surface area contributed by atoms with E-state index in [1.54, 1.807) is 0 Å². The zero-order chi connectivity index (χ0) is 13.2. The van der Waals surface area contributed by atoms with E-state index in [-0.39, 0.29) is 11.5 Å². The molecule has 1 aliphatic heterocycles. The van der Waals surface area contributed by atoms with Gasteiger partial charge in [-0.1, -0.05) is 32.9 Å². The lowest BCUT2D eigenvalue weighted by atomic mass is 9.87. The van der Waals surface area contributed by atoms with Crippen LogP contribution in [0, 0.1) is 11.3 Å². The van der Waals surface area contributed by atoms with Crippen molar-refractivity contribution < 1.29 is 4.74 Å². The molecule has 0 amide bonds. The van der Waals surface area contributed by atoms with Crippen molar-refractivity contribution in [2.75, 3.05) is 24.7 Å². The minimum absolute atomic E-state index is 0.165. The van der Waals surface area contributed by atoms with Gasteiger partial charge in [-0.3, -0.25) is 0 Å². The number of rotatable bonds is 1. The molecule has 3 heteroatoms. The maximum Gasteiger partial charge on any atom is 0.140 e. The maximum atomic E-state index is 9.13. The van der Waals surface area contributed by atoms with Crippen molar-refractivity contribution in [3.63, 3.8) is 0 Å². The number of benzene rings is 1. The summed E-state index contributed by atoms with van der Waals surface area (Å²) in [5.74, 6) is 0. The van der Waals surface area contributed by atoms with Gasteiger partial charge in [0.2, 0.25) is 0 Å². The van der Waals surface area contributed by atoms with Crippen LogP contribution in [0.2, 0.25) is 0 Å². The molecule has 1 atom stereocenters. The number of nitrogens with zero attached hydrogens (tertiary/aromatic N) is 2. The highest BCUT2D eigenvalue weighted by molar-refractivity contribution is 5.51. The second-order valence-electron chi connectivity index (χ2n) is 5.71. The molecule has 0 spiro atoms. The van der Waals surface area contributed by atoms with Crippen molar-refractivity contribution in [3.05, 3.63) is 29.8 Å². The number of hydrogen-bond acceptors (Lipinski definition) is 3. The fraction of sp³-hybridized carbons (Fsp3) is 0.533. The van der Waals surface area contributed by atoms with E-state index < -0.39 is 0 Å². The van der Waals surface area contributed by atoms with Gasteiger partial charge < -0.3 is 9.64 Å². The third kappa shape index (κ3) is 2.65. The molecule has 96 valence electrons. The molecule has 1 unspecified atom stereocenters. The minimum Gasteiger partial charge on any atom is -0.376 e. The summed E-state index contributed by atoms with van der Waals surface area (Å²) in [6, 6.07) is 10.6. The quantitative estimate of drug-likeness (QED) is 0.762. The molecule has 0 aliphatic carbocycles. The van der Waals surface area contributed by atoms with Gasteiger partial charge in [-0.05, 0) is 23.1 Å². The van der Waals surface area contributed by atoms with Crippen molar-refractivity contribution in [2.45, 2.75) is 32.2 Å². The van der Waals surface area contributed by atoms with Crippen molar-refractivity contribution in [1.82, 2.24) is 0 Å². The van der Waals surface area contributed by atoms with Crippen LogP contribution < -0.4 is 4.90 Å². The Morgan fingerprint density at radius 2 is 1.94 bits per heavy atom. The first-order valence-corrected chi connectivity index (χ1v) is 6.37. The highest BCUT2D eigenvalue weighted by Gasteiger charge is 2.23. The van der Waals surface area contributed by atoms with Gasteiger partial charge in [0.05, 0.1) is 19.3 Å². The van der Waals surface area contributed by atoms with E-state index in [1.165, 1.54) is 5.56 Å². The van der Waals surface area contributed by atoms with E-state index in [2.05, 4.69) is 56.0 Å². The van der Waals surface area contributed by atoms with Crippen LogP contribution in [0.3, 0.4) is 0 Å². The number of ether oxygens (including phenoxy) is 1. The molecule has 0 saturated carbocycles. The molecule has 18 heavy (non-hydrogen) atoms. The lowest BCUT2D eigenvalue weighted by Gasteiger charge is -2.33. The number of nitriles is 1. The second kappa shape index (κ2) is 4.99. The topological polar surface area (TPSA) is 36.3 Å². The summed E-state index contributed by atoms with van der Waals surface area (Å²) < 4.78 is 5.34. The fourth-order valence-electron chi connectivity index (χ4n) is 2.17. The zero-order valence-electron chi connectivity index (χ0n) is 11.3. The van der Waals surface area contributed by atoms with Crippen LogP contribution in [0.1, 0.15) is 26.3 Å². The summed E-state index contributed by atoms with van der Waals surface area (Å²) in [6.07, 6.45) is 0. The largest absolute Gasteiger partial charge is 0.376 e. The van der Waals surface area contributed by atoms with E-state index in [1.807, 2.05) is 0 Å². The molecule has 3 nitrogen and oxygen atoms in total. The van der Waals surface area contributed by atoms with Crippen LogP contribution in [-0.2, 0) is 10.2 Å². The third-order valence-corrected chi connectivity index (χ3v) is 3.34. The van der Waals surface area contributed by atoms with Crippen molar-refractivity contribution in [2.24, 2.45) is 0 Å². The average Bonchev–Trinajstić information content (AvgIpc) is 2.38. The number of anilines is 1. The van der Waals surface area contributed by atoms with Gasteiger partial charge in [-0.15, -0.1) is 0 Å². The van der Waals surface area contributed by atoms with Gasteiger partial charge in [0.1, 0.15) is 6.04 Å². The molecule has 1 saturated heterocycles. The minimum atomic E-state index is -0.167. The number of morpholine rings is 1. The van der Waals surface area contributed by atoms with Gasteiger partial charge in [0.15, 0.2) is 0 Å². The van der Waals surface area contributed by atoms with Crippen molar-refractivity contribution in [3.8, 4) is 6.07 Å². The normalized spacial score (nSPS) is 20.6. The van der Waals surface area contributed by atoms with Crippen LogP contribution in [0.5, 0.6) is 0 Å². The number of hydrogen-bond donors (Lipinski definition) is 0. The van der Waals surface area contributed by atoms with E-state index >= 15 is 0 Å². The Balaban J connectivity index is 2.21. The van der Waals surface area contributed by atoms with Gasteiger partial charge in [-0.2, -0.15) is 5.26 Å². The Hall–Kier alpha value is -1.53. The SMILES string of the molecule is CC(C)(C)c1ccc(N2CCOCC2C#N)cc1. The van der Waals surface area contributed by atoms with Crippen LogP contribution in [0.4, 0.5) is 5.69 Å². The fourth-order valence-corrected chi connectivity index (χ4v) is 2.17. The summed E-state index contributed by atoms with van der Waals surface area (Å²) in [5.41, 5.74) is 2.59. The standard InChI is InChI=1S/C15H20N2O/c1-15(2,3)12-4-6-13(7-5-12)17-8-9-18-11-14(17)10-16/h4-7,14H,8-9,11H2,1-3H3. The molecular weight excluding hydrogens is 224 g/mol.